The van der Waals surface area contributed by atoms with E-state index in [-0.39, 0.29) is 5.25 Å². The summed E-state index contributed by atoms with van der Waals surface area (Å²) in [6, 6.07) is 5.70. The third-order valence-corrected chi connectivity index (χ3v) is 8.12. The molecular weight excluding hydrogens is 390 g/mol. The molecule has 1 saturated heterocycles. The number of thiazole rings is 1. The standard InChI is InChI=1S/C21H23N3O4S/c1-13-20(21(25)26)29(15-8-11-27-12-9-15)18(23-13)7-6-16-14(2)28-24-19(16)17-5-3-4-10-22-17/h3-5,10,15H,6-9,11-12H2,1-2H3/p+1. The summed E-state index contributed by atoms with van der Waals surface area (Å²) in [5, 5.41) is 15.3. The molecule has 1 N–H and O–H groups in total. The predicted octanol–water partition coefficient (Wildman–Crippen LogP) is 4.33. The molecule has 4 heterocycles. The molecule has 0 spiro atoms. The molecule has 1 fully saturated rings. The summed E-state index contributed by atoms with van der Waals surface area (Å²) in [5.74, 6) is -0.0928. The van der Waals surface area contributed by atoms with E-state index < -0.39 is 16.4 Å². The Bertz CT molecular complexity index is 1010. The van der Waals surface area contributed by atoms with Gasteiger partial charge in [-0.05, 0) is 32.4 Å². The fraction of sp³-hybridized carbons (Fsp3) is 0.429. The molecule has 4 rings (SSSR count). The van der Waals surface area contributed by atoms with Crippen LogP contribution in [0.3, 0.4) is 0 Å². The number of aromatic nitrogens is 3. The van der Waals surface area contributed by atoms with Crippen LogP contribution in [0.2, 0.25) is 0 Å². The summed E-state index contributed by atoms with van der Waals surface area (Å²) in [7, 11) is -0.485. The topological polar surface area (TPSA) is 98.3 Å². The average molecular weight is 415 g/mol. The van der Waals surface area contributed by atoms with Crippen molar-refractivity contribution in [2.45, 2.75) is 44.8 Å². The molecule has 3 aromatic heterocycles. The van der Waals surface area contributed by atoms with Gasteiger partial charge in [-0.3, -0.25) is 4.98 Å². The Balaban J connectivity index is 1.65. The van der Waals surface area contributed by atoms with Crippen LogP contribution in [-0.2, 0) is 17.6 Å². The van der Waals surface area contributed by atoms with E-state index in [2.05, 4.69) is 10.1 Å². The molecule has 0 bridgehead atoms. The molecule has 0 radical (unpaired) electrons. The third-order valence-electron chi connectivity index (χ3n) is 5.27. The van der Waals surface area contributed by atoms with E-state index in [1.807, 2.05) is 25.1 Å². The SMILES string of the molecule is Cc1nc(CCc2c(-c3ccccn3)noc2C)[s+](C2CCOCC2)c1C(=O)O. The maximum atomic E-state index is 11.9. The number of aromatic carboxylic acids is 1. The van der Waals surface area contributed by atoms with Crippen molar-refractivity contribution in [2.75, 3.05) is 13.2 Å². The Hall–Kier alpha value is -2.58. The molecule has 0 saturated carbocycles. The van der Waals surface area contributed by atoms with Gasteiger partial charge in [0.05, 0.1) is 18.9 Å². The van der Waals surface area contributed by atoms with Gasteiger partial charge in [0.15, 0.2) is 0 Å². The first-order chi connectivity index (χ1) is 14.1. The molecule has 29 heavy (non-hydrogen) atoms. The molecule has 152 valence electrons. The van der Waals surface area contributed by atoms with Crippen LogP contribution in [0.1, 0.15) is 49.8 Å². The smallest absolute Gasteiger partial charge is 0.391 e. The van der Waals surface area contributed by atoms with Gasteiger partial charge in [-0.1, -0.05) is 11.2 Å². The number of pyridine rings is 1. The van der Waals surface area contributed by atoms with Gasteiger partial charge in [0.2, 0.25) is 5.01 Å². The normalized spacial score (nSPS) is 15.6. The highest BCUT2D eigenvalue weighted by molar-refractivity contribution is 7.33. The summed E-state index contributed by atoms with van der Waals surface area (Å²) < 4.78 is 10.9. The summed E-state index contributed by atoms with van der Waals surface area (Å²) in [6.45, 7) is 5.07. The van der Waals surface area contributed by atoms with Gasteiger partial charge in [-0.2, -0.15) is 0 Å². The second-order valence-corrected chi connectivity index (χ2v) is 9.38. The summed E-state index contributed by atoms with van der Waals surface area (Å²) in [5.41, 5.74) is 3.16. The maximum Gasteiger partial charge on any atom is 0.391 e. The van der Waals surface area contributed by atoms with Crippen LogP contribution < -0.4 is 0 Å². The van der Waals surface area contributed by atoms with E-state index in [1.54, 1.807) is 13.1 Å². The lowest BCUT2D eigenvalue weighted by Crippen LogP contribution is -2.13. The number of carboxylic acids is 1. The molecule has 0 aromatic carbocycles. The van der Waals surface area contributed by atoms with Crippen LogP contribution in [-0.4, -0.2) is 39.4 Å². The van der Waals surface area contributed by atoms with Crippen molar-refractivity contribution in [1.29, 1.82) is 0 Å². The number of hydrogen-bond donors (Lipinski definition) is 1. The summed E-state index contributed by atoms with van der Waals surface area (Å²) >= 11 is 0. The zero-order valence-electron chi connectivity index (χ0n) is 16.6. The molecular formula is C21H24N3O4S+. The van der Waals surface area contributed by atoms with Crippen LogP contribution in [0.25, 0.3) is 11.4 Å². The van der Waals surface area contributed by atoms with Crippen molar-refractivity contribution in [2.24, 2.45) is 0 Å². The Kier molecular flexibility index (Phi) is 5.73. The van der Waals surface area contributed by atoms with Gasteiger partial charge in [0, 0.05) is 41.5 Å². The van der Waals surface area contributed by atoms with E-state index in [0.29, 0.717) is 36.6 Å². The van der Waals surface area contributed by atoms with Gasteiger partial charge >= 0.3 is 5.97 Å². The molecule has 0 aliphatic carbocycles. The van der Waals surface area contributed by atoms with Crippen LogP contribution in [0, 0.1) is 13.8 Å². The monoisotopic (exact) mass is 414 g/mol. The molecule has 3 aromatic rings. The van der Waals surface area contributed by atoms with Gasteiger partial charge < -0.3 is 14.4 Å². The van der Waals surface area contributed by atoms with E-state index in [1.165, 1.54) is 0 Å². The fourth-order valence-electron chi connectivity index (χ4n) is 3.87. The number of hydrogen-bond acceptors (Lipinski definition) is 6. The molecule has 7 nitrogen and oxygen atoms in total. The second kappa shape index (κ2) is 8.42. The van der Waals surface area contributed by atoms with Gasteiger partial charge in [-0.15, -0.1) is 0 Å². The first kappa shape index (κ1) is 19.7. The maximum absolute atomic E-state index is 11.9. The molecule has 0 amide bonds. The van der Waals surface area contributed by atoms with E-state index in [4.69, 9.17) is 14.2 Å². The fourth-order valence-corrected chi connectivity index (χ4v) is 6.60. The molecule has 1 aliphatic heterocycles. The lowest BCUT2D eigenvalue weighted by Gasteiger charge is -2.17. The van der Waals surface area contributed by atoms with Gasteiger partial charge in [-0.25, -0.2) is 9.78 Å². The zero-order valence-corrected chi connectivity index (χ0v) is 17.4. The number of ether oxygens (including phenoxy) is 1. The van der Waals surface area contributed by atoms with E-state index in [9.17, 15) is 9.90 Å². The van der Waals surface area contributed by atoms with Crippen molar-refractivity contribution >= 4 is 16.4 Å². The highest BCUT2D eigenvalue weighted by Gasteiger charge is 2.38. The Morgan fingerprint density at radius 3 is 2.72 bits per heavy atom. The van der Waals surface area contributed by atoms with Crippen LogP contribution >= 0.6 is 10.5 Å². The van der Waals surface area contributed by atoms with E-state index >= 15 is 0 Å². The minimum Gasteiger partial charge on any atom is -0.474 e. The number of nitrogens with zero attached hydrogens (tertiary/aromatic N) is 3. The highest BCUT2D eigenvalue weighted by atomic mass is 32.2. The molecule has 1 aliphatic rings. The number of rotatable bonds is 6. The minimum absolute atomic E-state index is 0.282. The minimum atomic E-state index is -0.855. The molecule has 1 atom stereocenters. The molecule has 8 heteroatoms. The Morgan fingerprint density at radius 1 is 1.24 bits per heavy atom. The largest absolute Gasteiger partial charge is 0.474 e. The Morgan fingerprint density at radius 2 is 2.03 bits per heavy atom. The quantitative estimate of drug-likeness (QED) is 0.599. The van der Waals surface area contributed by atoms with Crippen LogP contribution in [0.4, 0.5) is 0 Å². The van der Waals surface area contributed by atoms with Gasteiger partial charge in [0.1, 0.15) is 22.4 Å². The third kappa shape index (κ3) is 3.95. The number of aryl methyl sites for hydroxylation is 3. The van der Waals surface area contributed by atoms with Gasteiger partial charge in [0.25, 0.3) is 4.88 Å². The average Bonchev–Trinajstić information content (AvgIpc) is 3.27. The highest BCUT2D eigenvalue weighted by Crippen LogP contribution is 2.46. The van der Waals surface area contributed by atoms with Crippen molar-refractivity contribution < 1.29 is 19.2 Å². The van der Waals surface area contributed by atoms with Crippen molar-refractivity contribution in [3.05, 3.63) is 51.3 Å². The lowest BCUT2D eigenvalue weighted by atomic mass is 10.1. The summed E-state index contributed by atoms with van der Waals surface area (Å²) in [6.07, 6.45) is 4.85. The van der Waals surface area contributed by atoms with E-state index in [0.717, 1.165) is 40.6 Å². The first-order valence-corrected chi connectivity index (χ1v) is 11.0. The van der Waals surface area contributed by atoms with Crippen LogP contribution in [0.5, 0.6) is 0 Å². The molecule has 1 unspecified atom stereocenters. The Labute approximate surface area is 171 Å². The first-order valence-electron chi connectivity index (χ1n) is 9.75. The second-order valence-electron chi connectivity index (χ2n) is 7.16. The van der Waals surface area contributed by atoms with Crippen molar-refractivity contribution in [3.8, 4) is 11.4 Å². The lowest BCUT2D eigenvalue weighted by molar-refractivity contribution is 0.0699. The van der Waals surface area contributed by atoms with Crippen LogP contribution in [0.15, 0.2) is 28.9 Å². The predicted molar refractivity (Wildman–Crippen MR) is 109 cm³/mol. The zero-order chi connectivity index (χ0) is 20.4. The number of carboxylic acid groups (broad SMARTS) is 1. The number of carbonyl (C=O) groups is 1. The van der Waals surface area contributed by atoms with Crippen molar-refractivity contribution in [1.82, 2.24) is 15.1 Å². The van der Waals surface area contributed by atoms with Crippen molar-refractivity contribution in [3.63, 3.8) is 0 Å². The summed E-state index contributed by atoms with van der Waals surface area (Å²) in [4.78, 5) is 21.5.